The highest BCUT2D eigenvalue weighted by atomic mass is 16.2. The van der Waals surface area contributed by atoms with Gasteiger partial charge in [-0.1, -0.05) is 6.92 Å². The van der Waals surface area contributed by atoms with Crippen LogP contribution in [-0.4, -0.2) is 51.6 Å². The third kappa shape index (κ3) is 2.11. The molecule has 1 aliphatic heterocycles. The van der Waals surface area contributed by atoms with E-state index in [1.807, 2.05) is 38.1 Å². The second-order valence-corrected chi connectivity index (χ2v) is 5.27. The third-order valence-corrected chi connectivity index (χ3v) is 3.89. The molecule has 2 aromatic rings. The van der Waals surface area contributed by atoms with Gasteiger partial charge in [0.25, 0.3) is 0 Å². The molecule has 1 amide bonds. The highest BCUT2D eigenvalue weighted by molar-refractivity contribution is 5.76. The molecule has 0 aliphatic carbocycles. The molecule has 0 atom stereocenters. The zero-order valence-electron chi connectivity index (χ0n) is 12.1. The van der Waals surface area contributed by atoms with Gasteiger partial charge in [-0.2, -0.15) is 5.10 Å². The number of pyridine rings is 1. The maximum Gasteiger partial charge on any atom is 0.222 e. The number of aryl methyl sites for hydroxylation is 1. The Morgan fingerprint density at radius 3 is 2.90 bits per heavy atom. The Morgan fingerprint density at radius 2 is 2.20 bits per heavy atom. The van der Waals surface area contributed by atoms with Crippen LogP contribution in [0, 0.1) is 6.92 Å². The van der Waals surface area contributed by atoms with Crippen molar-refractivity contribution in [2.45, 2.75) is 26.3 Å². The second-order valence-electron chi connectivity index (χ2n) is 5.27. The first kappa shape index (κ1) is 12.9. The predicted octanol–water partition coefficient (Wildman–Crippen LogP) is 1.09. The zero-order chi connectivity index (χ0) is 14.3. The van der Waals surface area contributed by atoms with Crippen LogP contribution in [-0.2, 0) is 4.79 Å². The first-order valence-corrected chi connectivity index (χ1v) is 6.92. The van der Waals surface area contributed by atoms with Gasteiger partial charge in [-0.05, 0) is 19.1 Å². The minimum atomic E-state index is 0.206. The van der Waals surface area contributed by atoms with Gasteiger partial charge in [0.15, 0.2) is 5.65 Å². The van der Waals surface area contributed by atoms with Gasteiger partial charge in [0.2, 0.25) is 5.91 Å². The van der Waals surface area contributed by atoms with E-state index in [1.54, 1.807) is 4.52 Å². The number of carbonyl (C=O) groups excluding carboxylic acids is 1. The van der Waals surface area contributed by atoms with E-state index in [1.165, 1.54) is 0 Å². The first-order chi connectivity index (χ1) is 9.58. The minimum Gasteiger partial charge on any atom is -0.366 e. The molecule has 0 saturated carbocycles. The maximum atomic E-state index is 11.7. The van der Waals surface area contributed by atoms with Crippen molar-refractivity contribution in [2.75, 3.05) is 25.0 Å². The molecule has 1 fully saturated rings. The lowest BCUT2D eigenvalue weighted by Gasteiger charge is -2.45. The summed E-state index contributed by atoms with van der Waals surface area (Å²) in [5, 5.41) is 4.32. The van der Waals surface area contributed by atoms with E-state index in [-0.39, 0.29) is 5.91 Å². The lowest BCUT2D eigenvalue weighted by atomic mass is 10.1. The van der Waals surface area contributed by atoms with Crippen molar-refractivity contribution in [3.05, 3.63) is 24.2 Å². The summed E-state index contributed by atoms with van der Waals surface area (Å²) in [5.41, 5.74) is 1.98. The van der Waals surface area contributed by atoms with Gasteiger partial charge < -0.3 is 9.80 Å². The van der Waals surface area contributed by atoms with Gasteiger partial charge in [0.05, 0.1) is 17.9 Å². The Labute approximate surface area is 118 Å². The molecule has 0 radical (unpaired) electrons. The lowest BCUT2D eigenvalue weighted by Crippen LogP contribution is -2.59. The summed E-state index contributed by atoms with van der Waals surface area (Å²) in [4.78, 5) is 20.1. The molecule has 2 aromatic heterocycles. The van der Waals surface area contributed by atoms with E-state index in [0.717, 1.165) is 30.2 Å². The number of nitrogens with zero attached hydrogens (tertiary/aromatic N) is 5. The first-order valence-electron chi connectivity index (χ1n) is 6.92. The number of anilines is 1. The lowest BCUT2D eigenvalue weighted by molar-refractivity contribution is -0.132. The number of fused-ring (bicyclic) bond motifs is 1. The molecule has 0 bridgehead atoms. The van der Waals surface area contributed by atoms with Crippen molar-refractivity contribution < 1.29 is 4.79 Å². The highest BCUT2D eigenvalue weighted by Gasteiger charge is 2.32. The average molecular weight is 273 g/mol. The summed E-state index contributed by atoms with van der Waals surface area (Å²) >= 11 is 0. The standard InChI is InChI=1S/C14H19N5O/c1-4-14(20)17(3)12-7-18(8-12)11-5-6-13-15-10(2)16-19(13)9-11/h5-6,9,12H,4,7-8H2,1-3H3. The second kappa shape index (κ2) is 4.77. The highest BCUT2D eigenvalue weighted by Crippen LogP contribution is 2.23. The minimum absolute atomic E-state index is 0.206. The van der Waals surface area contributed by atoms with E-state index in [0.29, 0.717) is 12.5 Å². The monoisotopic (exact) mass is 273 g/mol. The molecule has 106 valence electrons. The predicted molar refractivity (Wildman–Crippen MR) is 76.8 cm³/mol. The fourth-order valence-electron chi connectivity index (χ4n) is 2.53. The Balaban J connectivity index is 1.70. The van der Waals surface area contributed by atoms with E-state index in [4.69, 9.17) is 0 Å². The summed E-state index contributed by atoms with van der Waals surface area (Å²) < 4.78 is 1.80. The molecule has 1 saturated heterocycles. The van der Waals surface area contributed by atoms with Crippen molar-refractivity contribution >= 4 is 17.2 Å². The number of hydrogen-bond acceptors (Lipinski definition) is 4. The fourth-order valence-corrected chi connectivity index (χ4v) is 2.53. The molecule has 0 spiro atoms. The molecular weight excluding hydrogens is 254 g/mol. The molecule has 1 aliphatic rings. The Hall–Kier alpha value is -2.11. The van der Waals surface area contributed by atoms with Crippen molar-refractivity contribution in [1.29, 1.82) is 0 Å². The van der Waals surface area contributed by atoms with Gasteiger partial charge in [-0.15, -0.1) is 0 Å². The van der Waals surface area contributed by atoms with Gasteiger partial charge in [-0.3, -0.25) is 4.79 Å². The Kier molecular flexibility index (Phi) is 3.08. The molecule has 6 nitrogen and oxygen atoms in total. The topological polar surface area (TPSA) is 53.7 Å². The summed E-state index contributed by atoms with van der Waals surface area (Å²) in [6.07, 6.45) is 2.56. The van der Waals surface area contributed by atoms with Crippen LogP contribution in [0.25, 0.3) is 5.65 Å². The number of likely N-dealkylation sites (N-methyl/N-ethyl adjacent to an activating group) is 1. The van der Waals surface area contributed by atoms with Crippen molar-refractivity contribution in [3.63, 3.8) is 0 Å². The normalized spacial score (nSPS) is 15.4. The molecule has 0 unspecified atom stereocenters. The van der Waals surface area contributed by atoms with Gasteiger partial charge >= 0.3 is 0 Å². The van der Waals surface area contributed by atoms with Crippen LogP contribution in [0.3, 0.4) is 0 Å². The van der Waals surface area contributed by atoms with E-state index < -0.39 is 0 Å². The number of carbonyl (C=O) groups is 1. The third-order valence-electron chi connectivity index (χ3n) is 3.89. The van der Waals surface area contributed by atoms with Crippen LogP contribution < -0.4 is 4.90 Å². The number of hydrogen-bond donors (Lipinski definition) is 0. The SMILES string of the molecule is CCC(=O)N(C)C1CN(c2ccc3nc(C)nn3c2)C1. The number of rotatable bonds is 3. The van der Waals surface area contributed by atoms with Crippen LogP contribution in [0.1, 0.15) is 19.2 Å². The maximum absolute atomic E-state index is 11.7. The number of amides is 1. The fraction of sp³-hybridized carbons (Fsp3) is 0.500. The van der Waals surface area contributed by atoms with E-state index >= 15 is 0 Å². The summed E-state index contributed by atoms with van der Waals surface area (Å²) in [5.74, 6) is 0.980. The average Bonchev–Trinajstić information content (AvgIpc) is 2.75. The zero-order valence-corrected chi connectivity index (χ0v) is 12.1. The molecular formula is C14H19N5O. The summed E-state index contributed by atoms with van der Waals surface area (Å²) in [6.45, 7) is 5.54. The van der Waals surface area contributed by atoms with Crippen molar-refractivity contribution in [2.24, 2.45) is 0 Å². The van der Waals surface area contributed by atoms with E-state index in [9.17, 15) is 4.79 Å². The van der Waals surface area contributed by atoms with Crippen LogP contribution in [0.4, 0.5) is 5.69 Å². The van der Waals surface area contributed by atoms with Gasteiger partial charge in [0, 0.05) is 26.6 Å². The van der Waals surface area contributed by atoms with Crippen molar-refractivity contribution in [3.8, 4) is 0 Å². The van der Waals surface area contributed by atoms with Crippen LogP contribution >= 0.6 is 0 Å². The quantitative estimate of drug-likeness (QED) is 0.840. The van der Waals surface area contributed by atoms with E-state index in [2.05, 4.69) is 21.0 Å². The number of aromatic nitrogens is 3. The van der Waals surface area contributed by atoms with Crippen LogP contribution in [0.5, 0.6) is 0 Å². The molecule has 6 heteroatoms. The van der Waals surface area contributed by atoms with Crippen LogP contribution in [0.2, 0.25) is 0 Å². The van der Waals surface area contributed by atoms with Crippen molar-refractivity contribution in [1.82, 2.24) is 19.5 Å². The van der Waals surface area contributed by atoms with Gasteiger partial charge in [0.1, 0.15) is 5.82 Å². The molecule has 20 heavy (non-hydrogen) atoms. The Bertz CT molecular complexity index is 644. The largest absolute Gasteiger partial charge is 0.366 e. The molecule has 0 aromatic carbocycles. The molecule has 3 rings (SSSR count). The van der Waals surface area contributed by atoms with Gasteiger partial charge in [-0.25, -0.2) is 9.50 Å². The summed E-state index contributed by atoms with van der Waals surface area (Å²) in [6, 6.07) is 4.35. The molecule has 0 N–H and O–H groups in total. The smallest absolute Gasteiger partial charge is 0.222 e. The van der Waals surface area contributed by atoms with Crippen LogP contribution in [0.15, 0.2) is 18.3 Å². The Morgan fingerprint density at radius 1 is 1.45 bits per heavy atom. The summed E-state index contributed by atoms with van der Waals surface area (Å²) in [7, 11) is 1.89. The molecule has 3 heterocycles.